The highest BCUT2D eigenvalue weighted by molar-refractivity contribution is 5.32. The smallest absolute Gasteiger partial charge is 0.0993 e. The lowest BCUT2D eigenvalue weighted by molar-refractivity contribution is -0.148. The molecule has 122 valence electrons. The Morgan fingerprint density at radius 3 is 2.45 bits per heavy atom. The summed E-state index contributed by atoms with van der Waals surface area (Å²) in [6.45, 7) is 8.64. The Labute approximate surface area is 137 Å². The first-order valence-corrected chi connectivity index (χ1v) is 8.54. The molecule has 0 unspecified atom stereocenters. The molecule has 0 saturated heterocycles. The van der Waals surface area contributed by atoms with Crippen molar-refractivity contribution in [3.8, 4) is 0 Å². The predicted octanol–water partition coefficient (Wildman–Crippen LogP) is 4.31. The van der Waals surface area contributed by atoms with Gasteiger partial charge in [-0.2, -0.15) is 0 Å². The lowest BCUT2D eigenvalue weighted by atomic mass is 9.62. The summed E-state index contributed by atoms with van der Waals surface area (Å²) in [6.07, 6.45) is 2.11. The van der Waals surface area contributed by atoms with E-state index in [2.05, 4.69) is 70.1 Å². The molecule has 0 radical (unpaired) electrons. The van der Waals surface area contributed by atoms with E-state index < -0.39 is 5.60 Å². The first kappa shape index (κ1) is 14.7. The number of likely N-dealkylation sites (N-methyl/N-ethyl adjacent to an activating group) is 1. The van der Waals surface area contributed by atoms with Crippen LogP contribution in [0.15, 0.2) is 30.3 Å². The summed E-state index contributed by atoms with van der Waals surface area (Å²) in [6, 6.07) is 10.6. The summed E-state index contributed by atoms with van der Waals surface area (Å²) in [5.74, 6) is 0.409. The highest BCUT2D eigenvalue weighted by atomic mass is 16.5. The minimum absolute atomic E-state index is 0.00471. The Morgan fingerprint density at radius 2 is 1.91 bits per heavy atom. The summed E-state index contributed by atoms with van der Waals surface area (Å²) in [7, 11) is 4.15. The highest BCUT2D eigenvalue weighted by Crippen LogP contribution is 2.73. The third-order valence-electron chi connectivity index (χ3n) is 6.63. The van der Waals surface area contributed by atoms with E-state index in [1.54, 1.807) is 0 Å². The van der Waals surface area contributed by atoms with Gasteiger partial charge >= 0.3 is 0 Å². The van der Waals surface area contributed by atoms with Crippen LogP contribution in [0.2, 0.25) is 0 Å². The maximum Gasteiger partial charge on any atom is 0.0993 e. The summed E-state index contributed by atoms with van der Waals surface area (Å²) in [4.78, 5) is 2.15. The fourth-order valence-electron chi connectivity index (χ4n) is 4.74. The molecule has 4 atom stereocenters. The fraction of sp³-hybridized carbons (Fsp3) is 0.700. The van der Waals surface area contributed by atoms with Crippen molar-refractivity contribution < 1.29 is 6.11 Å². The first-order valence-electron chi connectivity index (χ1n) is 9.11. The predicted molar refractivity (Wildman–Crippen MR) is 91.9 cm³/mol. The van der Waals surface area contributed by atoms with Crippen molar-refractivity contribution in [2.45, 2.75) is 45.6 Å². The van der Waals surface area contributed by atoms with Crippen LogP contribution in [0.4, 0.5) is 0 Å². The number of rotatable bonds is 5. The van der Waals surface area contributed by atoms with Gasteiger partial charge < -0.3 is 9.64 Å². The summed E-state index contributed by atoms with van der Waals surface area (Å²) >= 11 is 0. The SMILES string of the molecule is [3H][C@H]1[C@H]2CC[C@](C)(C2(C)C)[C@@]1(OCCN(C)C)c1ccccc1. The maximum absolute atomic E-state index is 9.09. The Kier molecular flexibility index (Phi) is 3.58. The number of ether oxygens (including phenoxy) is 1. The van der Waals surface area contributed by atoms with Crippen LogP contribution in [-0.2, 0) is 10.3 Å². The topological polar surface area (TPSA) is 12.5 Å². The second kappa shape index (κ2) is 5.35. The second-order valence-electron chi connectivity index (χ2n) is 8.12. The normalized spacial score (nSPS) is 40.2. The number of hydrogen-bond acceptors (Lipinski definition) is 2. The number of benzene rings is 1. The van der Waals surface area contributed by atoms with Gasteiger partial charge in [-0.25, -0.2) is 0 Å². The molecule has 0 aromatic heterocycles. The van der Waals surface area contributed by atoms with Crippen LogP contribution >= 0.6 is 0 Å². The molecule has 2 heteroatoms. The van der Waals surface area contributed by atoms with Gasteiger partial charge in [0.25, 0.3) is 0 Å². The van der Waals surface area contributed by atoms with E-state index in [-0.39, 0.29) is 17.2 Å². The fourth-order valence-corrected chi connectivity index (χ4v) is 4.74. The van der Waals surface area contributed by atoms with Gasteiger partial charge in [-0.3, -0.25) is 0 Å². The molecule has 1 aromatic carbocycles. The zero-order chi connectivity index (χ0) is 16.9. The molecule has 0 spiro atoms. The lowest BCUT2D eigenvalue weighted by Gasteiger charge is -2.49. The number of nitrogens with zero attached hydrogens (tertiary/aromatic N) is 1. The van der Waals surface area contributed by atoms with Gasteiger partial charge in [0.05, 0.1) is 12.2 Å². The lowest BCUT2D eigenvalue weighted by Crippen LogP contribution is -2.47. The molecule has 0 heterocycles. The minimum Gasteiger partial charge on any atom is -0.368 e. The Morgan fingerprint density at radius 1 is 1.23 bits per heavy atom. The molecule has 0 N–H and O–H groups in total. The van der Waals surface area contributed by atoms with Crippen molar-refractivity contribution in [2.24, 2.45) is 16.7 Å². The van der Waals surface area contributed by atoms with E-state index in [9.17, 15) is 0 Å². The first-order chi connectivity index (χ1) is 10.8. The van der Waals surface area contributed by atoms with Gasteiger partial charge in [-0.05, 0) is 50.2 Å². The van der Waals surface area contributed by atoms with Gasteiger partial charge in [0.15, 0.2) is 0 Å². The molecule has 0 aliphatic heterocycles. The molecule has 2 aliphatic carbocycles. The quantitative estimate of drug-likeness (QED) is 0.804. The van der Waals surface area contributed by atoms with Crippen molar-refractivity contribution >= 4 is 0 Å². The molecule has 2 aliphatic rings. The van der Waals surface area contributed by atoms with Crippen LogP contribution in [0.3, 0.4) is 0 Å². The van der Waals surface area contributed by atoms with E-state index in [0.717, 1.165) is 19.4 Å². The van der Waals surface area contributed by atoms with Crippen LogP contribution in [0, 0.1) is 16.7 Å². The zero-order valence-electron chi connectivity index (χ0n) is 15.7. The van der Waals surface area contributed by atoms with Crippen LogP contribution in [0.1, 0.15) is 46.9 Å². The molecule has 2 fully saturated rings. The number of fused-ring (bicyclic) bond motifs is 2. The van der Waals surface area contributed by atoms with Gasteiger partial charge in [0, 0.05) is 13.3 Å². The van der Waals surface area contributed by atoms with E-state index in [1.807, 2.05) is 0 Å². The van der Waals surface area contributed by atoms with Crippen LogP contribution < -0.4 is 0 Å². The molecule has 1 aromatic rings. The van der Waals surface area contributed by atoms with E-state index in [0.29, 0.717) is 12.5 Å². The molecular formula is C20H31NO. The van der Waals surface area contributed by atoms with E-state index in [1.165, 1.54) is 5.56 Å². The monoisotopic (exact) mass is 303 g/mol. The van der Waals surface area contributed by atoms with Gasteiger partial charge in [0.1, 0.15) is 0 Å². The minimum atomic E-state index is -0.489. The molecule has 2 bridgehead atoms. The van der Waals surface area contributed by atoms with Gasteiger partial charge in [-0.1, -0.05) is 51.1 Å². The highest BCUT2D eigenvalue weighted by Gasteiger charge is 2.69. The van der Waals surface area contributed by atoms with Crippen molar-refractivity contribution in [1.82, 2.24) is 4.90 Å². The Hall–Kier alpha value is -0.860. The molecule has 22 heavy (non-hydrogen) atoms. The van der Waals surface area contributed by atoms with Crippen LogP contribution in [0.5, 0.6) is 0 Å². The van der Waals surface area contributed by atoms with Crippen molar-refractivity contribution in [2.75, 3.05) is 27.2 Å². The standard InChI is InChI=1S/C20H31NO/c1-18(2)17-11-12-19(18,3)20(15-17,22-14-13-21(4)5)16-9-7-6-8-10-16/h6-10,17H,11-15H2,1-5H3/t17-,19-,20+/m1/s1/i15T/t15-,17+,19+,20-/m0. The molecule has 0 amide bonds. The Balaban J connectivity index is 2.06. The second-order valence-corrected chi connectivity index (χ2v) is 8.12. The van der Waals surface area contributed by atoms with Crippen molar-refractivity contribution in [3.63, 3.8) is 0 Å². The van der Waals surface area contributed by atoms with Crippen LogP contribution in [0.25, 0.3) is 0 Å². The zero-order valence-corrected chi connectivity index (χ0v) is 14.7. The summed E-state index contributed by atoms with van der Waals surface area (Å²) < 4.78 is 15.7. The van der Waals surface area contributed by atoms with Crippen LogP contribution in [-0.4, -0.2) is 32.1 Å². The van der Waals surface area contributed by atoms with Gasteiger partial charge in [0.2, 0.25) is 0 Å². The molecular weight excluding hydrogens is 270 g/mol. The number of hydrogen-bond donors (Lipinski definition) is 0. The van der Waals surface area contributed by atoms with Gasteiger partial charge in [-0.15, -0.1) is 0 Å². The third-order valence-corrected chi connectivity index (χ3v) is 6.63. The van der Waals surface area contributed by atoms with E-state index in [4.69, 9.17) is 6.11 Å². The largest absolute Gasteiger partial charge is 0.368 e. The maximum atomic E-state index is 9.09. The third kappa shape index (κ3) is 2.07. The van der Waals surface area contributed by atoms with E-state index >= 15 is 0 Å². The molecule has 3 rings (SSSR count). The van der Waals surface area contributed by atoms with Crippen molar-refractivity contribution in [3.05, 3.63) is 35.9 Å². The Bertz CT molecular complexity index is 558. The molecule has 2 nitrogen and oxygen atoms in total. The summed E-state index contributed by atoms with van der Waals surface area (Å²) in [5, 5.41) is 0. The molecule has 2 saturated carbocycles. The average Bonchev–Trinajstić information content (AvgIpc) is 2.80. The summed E-state index contributed by atoms with van der Waals surface area (Å²) in [5.41, 5.74) is 0.839. The van der Waals surface area contributed by atoms with Crippen molar-refractivity contribution in [1.29, 1.82) is 0 Å². The average molecular weight is 303 g/mol.